The smallest absolute Gasteiger partial charge is 0.0292 e. The number of rotatable bonds is 0. The zero-order chi connectivity index (χ0) is 5.72. The van der Waals surface area contributed by atoms with Crippen LogP contribution in [0.3, 0.4) is 0 Å². The standard InChI is InChI=1S/C6H10IN/c7-5-3-1-4(2-3)6(5)8/h3-6H,1-2,8H2. The van der Waals surface area contributed by atoms with Gasteiger partial charge in [-0.15, -0.1) is 0 Å². The molecule has 3 saturated carbocycles. The second kappa shape index (κ2) is 1.59. The molecule has 3 fully saturated rings. The van der Waals surface area contributed by atoms with Crippen LogP contribution in [0.15, 0.2) is 0 Å². The summed E-state index contributed by atoms with van der Waals surface area (Å²) in [6.45, 7) is 0. The number of hydrogen-bond acceptors (Lipinski definition) is 1. The second-order valence-electron chi connectivity index (χ2n) is 3.01. The number of fused-ring (bicyclic) bond motifs is 1. The summed E-state index contributed by atoms with van der Waals surface area (Å²) >= 11 is 2.50. The first-order valence-corrected chi connectivity index (χ1v) is 4.43. The van der Waals surface area contributed by atoms with Gasteiger partial charge in [-0.05, 0) is 24.7 Å². The van der Waals surface area contributed by atoms with Gasteiger partial charge in [-0.2, -0.15) is 0 Å². The van der Waals surface area contributed by atoms with E-state index < -0.39 is 0 Å². The maximum Gasteiger partial charge on any atom is 0.0292 e. The van der Waals surface area contributed by atoms with Gasteiger partial charge in [-0.1, -0.05) is 22.6 Å². The predicted octanol–water partition coefficient (Wildman–Crippen LogP) is 1.16. The van der Waals surface area contributed by atoms with Crippen molar-refractivity contribution in [1.29, 1.82) is 0 Å². The maximum absolute atomic E-state index is 5.86. The molecule has 0 spiro atoms. The third kappa shape index (κ3) is 0.506. The minimum absolute atomic E-state index is 0.542. The molecule has 46 valence electrons. The molecule has 0 saturated heterocycles. The van der Waals surface area contributed by atoms with Gasteiger partial charge in [0.1, 0.15) is 0 Å². The molecule has 3 rings (SSSR count). The van der Waals surface area contributed by atoms with Crippen LogP contribution >= 0.6 is 22.6 Å². The van der Waals surface area contributed by atoms with Crippen molar-refractivity contribution in [3.05, 3.63) is 0 Å². The molecule has 0 aromatic carbocycles. The number of alkyl halides is 1. The second-order valence-corrected chi connectivity index (χ2v) is 4.45. The van der Waals surface area contributed by atoms with Crippen molar-refractivity contribution >= 4 is 22.6 Å². The van der Waals surface area contributed by atoms with Gasteiger partial charge in [0, 0.05) is 9.97 Å². The molecule has 0 radical (unpaired) electrons. The Bertz CT molecular complexity index is 97.1. The van der Waals surface area contributed by atoms with Gasteiger partial charge in [-0.3, -0.25) is 0 Å². The van der Waals surface area contributed by atoms with Crippen molar-refractivity contribution in [2.75, 3.05) is 0 Å². The van der Waals surface area contributed by atoms with E-state index >= 15 is 0 Å². The lowest BCUT2D eigenvalue weighted by atomic mass is 9.84. The summed E-state index contributed by atoms with van der Waals surface area (Å²) in [6.07, 6.45) is 2.85. The molecular weight excluding hydrogens is 213 g/mol. The van der Waals surface area contributed by atoms with Crippen LogP contribution < -0.4 is 5.73 Å². The van der Waals surface area contributed by atoms with E-state index in [1.54, 1.807) is 0 Å². The third-order valence-corrected chi connectivity index (χ3v) is 4.42. The largest absolute Gasteiger partial charge is 0.326 e. The predicted molar refractivity (Wildman–Crippen MR) is 42.0 cm³/mol. The van der Waals surface area contributed by atoms with Crippen LogP contribution in [0.5, 0.6) is 0 Å². The monoisotopic (exact) mass is 223 g/mol. The van der Waals surface area contributed by atoms with Crippen LogP contribution in [0.4, 0.5) is 0 Å². The highest BCUT2D eigenvalue weighted by atomic mass is 127. The summed E-state index contributed by atoms with van der Waals surface area (Å²) in [6, 6.07) is 0.542. The fraction of sp³-hybridized carbons (Fsp3) is 1.00. The number of halogens is 1. The average molecular weight is 223 g/mol. The van der Waals surface area contributed by atoms with Crippen molar-refractivity contribution in [2.45, 2.75) is 22.8 Å². The lowest BCUT2D eigenvalue weighted by molar-refractivity contribution is 0.297. The van der Waals surface area contributed by atoms with Gasteiger partial charge >= 0.3 is 0 Å². The Morgan fingerprint density at radius 2 is 1.88 bits per heavy atom. The van der Waals surface area contributed by atoms with Crippen molar-refractivity contribution in [3.8, 4) is 0 Å². The molecule has 2 N–H and O–H groups in total. The quantitative estimate of drug-likeness (QED) is 0.484. The highest BCUT2D eigenvalue weighted by Gasteiger charge is 2.48. The lowest BCUT2D eigenvalue weighted by Crippen LogP contribution is -2.27. The van der Waals surface area contributed by atoms with Gasteiger partial charge in [0.05, 0.1) is 0 Å². The average Bonchev–Trinajstić information content (AvgIpc) is 1.89. The Labute approximate surface area is 63.2 Å². The van der Waals surface area contributed by atoms with E-state index in [9.17, 15) is 0 Å². The summed E-state index contributed by atoms with van der Waals surface area (Å²) in [7, 11) is 0. The first kappa shape index (κ1) is 5.47. The van der Waals surface area contributed by atoms with Crippen molar-refractivity contribution in [2.24, 2.45) is 17.6 Å². The van der Waals surface area contributed by atoms with E-state index in [0.717, 1.165) is 15.8 Å². The van der Waals surface area contributed by atoms with Crippen LogP contribution in [-0.4, -0.2) is 9.97 Å². The summed E-state index contributed by atoms with van der Waals surface area (Å²) < 4.78 is 0.803. The van der Waals surface area contributed by atoms with Crippen LogP contribution in [0.2, 0.25) is 0 Å². The summed E-state index contributed by atoms with van der Waals surface area (Å²) in [5, 5.41) is 0. The van der Waals surface area contributed by atoms with E-state index in [2.05, 4.69) is 22.6 Å². The molecule has 0 amide bonds. The molecule has 0 aliphatic heterocycles. The van der Waals surface area contributed by atoms with Crippen LogP contribution in [-0.2, 0) is 0 Å². The molecule has 0 heterocycles. The first-order chi connectivity index (χ1) is 3.79. The molecule has 0 aromatic heterocycles. The van der Waals surface area contributed by atoms with Crippen molar-refractivity contribution in [3.63, 3.8) is 0 Å². The summed E-state index contributed by atoms with van der Waals surface area (Å²) in [5.41, 5.74) is 5.86. The highest BCUT2D eigenvalue weighted by Crippen LogP contribution is 2.50. The normalized spacial score (nSPS) is 60.8. The number of nitrogens with two attached hydrogens (primary N) is 1. The van der Waals surface area contributed by atoms with E-state index in [-0.39, 0.29) is 0 Å². The lowest BCUT2D eigenvalue weighted by Gasteiger charge is -2.22. The molecular formula is C6H10IN. The van der Waals surface area contributed by atoms with Crippen LogP contribution in [0.1, 0.15) is 12.8 Å². The number of hydrogen-bond donors (Lipinski definition) is 1. The van der Waals surface area contributed by atoms with E-state index in [0.29, 0.717) is 6.04 Å². The third-order valence-electron chi connectivity index (χ3n) is 2.57. The molecule has 3 aliphatic carbocycles. The Kier molecular flexibility index (Phi) is 1.09. The zero-order valence-corrected chi connectivity index (χ0v) is 6.84. The van der Waals surface area contributed by atoms with Crippen LogP contribution in [0.25, 0.3) is 0 Å². The Balaban J connectivity index is 2.16. The minimum Gasteiger partial charge on any atom is -0.326 e. The zero-order valence-electron chi connectivity index (χ0n) is 4.68. The van der Waals surface area contributed by atoms with Gasteiger partial charge in [0.15, 0.2) is 0 Å². The van der Waals surface area contributed by atoms with E-state index in [4.69, 9.17) is 5.73 Å². The fourth-order valence-electron chi connectivity index (χ4n) is 1.86. The van der Waals surface area contributed by atoms with E-state index in [1.165, 1.54) is 12.8 Å². The molecule has 2 bridgehead atoms. The topological polar surface area (TPSA) is 26.0 Å². The minimum atomic E-state index is 0.542. The Morgan fingerprint density at radius 3 is 2.00 bits per heavy atom. The molecule has 2 atom stereocenters. The molecule has 0 aromatic rings. The molecule has 3 aliphatic rings. The van der Waals surface area contributed by atoms with Gasteiger partial charge in [0.2, 0.25) is 0 Å². The van der Waals surface area contributed by atoms with Crippen molar-refractivity contribution < 1.29 is 0 Å². The molecule has 1 nitrogen and oxygen atoms in total. The molecule has 2 unspecified atom stereocenters. The SMILES string of the molecule is NC1C2CC(C2)C1I. The Hall–Kier alpha value is 0.690. The molecule has 2 heteroatoms. The fourth-order valence-corrected chi connectivity index (χ4v) is 3.03. The maximum atomic E-state index is 5.86. The van der Waals surface area contributed by atoms with Gasteiger partial charge in [-0.25, -0.2) is 0 Å². The highest BCUT2D eigenvalue weighted by molar-refractivity contribution is 14.1. The van der Waals surface area contributed by atoms with Gasteiger partial charge < -0.3 is 5.73 Å². The van der Waals surface area contributed by atoms with Crippen LogP contribution in [0, 0.1) is 11.8 Å². The Morgan fingerprint density at radius 1 is 1.25 bits per heavy atom. The first-order valence-electron chi connectivity index (χ1n) is 3.18. The summed E-state index contributed by atoms with van der Waals surface area (Å²) in [4.78, 5) is 0. The van der Waals surface area contributed by atoms with Crippen molar-refractivity contribution in [1.82, 2.24) is 0 Å². The van der Waals surface area contributed by atoms with Gasteiger partial charge in [0.25, 0.3) is 0 Å². The van der Waals surface area contributed by atoms with E-state index in [1.807, 2.05) is 0 Å². The molecule has 8 heavy (non-hydrogen) atoms. The summed E-state index contributed by atoms with van der Waals surface area (Å²) in [5.74, 6) is 1.90.